The smallest absolute Gasteiger partial charge is 0.224 e. The molecule has 1 aromatic carbocycles. The Hall–Kier alpha value is -1.42. The van der Waals surface area contributed by atoms with E-state index in [0.717, 1.165) is 23.6 Å². The van der Waals surface area contributed by atoms with E-state index in [9.17, 15) is 4.79 Å². The molecule has 1 aliphatic rings. The zero-order chi connectivity index (χ0) is 15.2. The number of hydrogen-bond donors (Lipinski definition) is 2. The van der Waals surface area contributed by atoms with Crippen molar-refractivity contribution in [2.75, 3.05) is 6.54 Å². The molecule has 4 heteroatoms. The first-order valence-corrected chi connectivity index (χ1v) is 8.11. The molecule has 1 aromatic rings. The quantitative estimate of drug-likeness (QED) is 0.823. The molecule has 0 aromatic heterocycles. The van der Waals surface area contributed by atoms with Gasteiger partial charge in [-0.25, -0.2) is 0 Å². The highest BCUT2D eigenvalue weighted by atomic mass is 32.1. The molecule has 114 valence electrons. The van der Waals surface area contributed by atoms with Gasteiger partial charge in [-0.15, -0.1) is 0 Å². The van der Waals surface area contributed by atoms with Gasteiger partial charge in [0.15, 0.2) is 0 Å². The second-order valence-electron chi connectivity index (χ2n) is 6.17. The lowest BCUT2D eigenvalue weighted by Gasteiger charge is -2.26. The third kappa shape index (κ3) is 5.12. The van der Waals surface area contributed by atoms with E-state index in [0.29, 0.717) is 17.3 Å². The molecular formula is C17H24N2OS. The second-order valence-corrected chi connectivity index (χ2v) is 6.61. The van der Waals surface area contributed by atoms with Crippen LogP contribution in [0.4, 0.5) is 0 Å². The van der Waals surface area contributed by atoms with Crippen LogP contribution in [-0.4, -0.2) is 17.4 Å². The Morgan fingerprint density at radius 2 is 1.86 bits per heavy atom. The molecule has 1 saturated carbocycles. The number of nitrogens with two attached hydrogens (primary N) is 1. The second kappa shape index (κ2) is 7.55. The van der Waals surface area contributed by atoms with Gasteiger partial charge in [0.1, 0.15) is 4.99 Å². The van der Waals surface area contributed by atoms with Crippen LogP contribution < -0.4 is 11.1 Å². The minimum Gasteiger partial charge on any atom is -0.389 e. The van der Waals surface area contributed by atoms with Gasteiger partial charge in [-0.05, 0) is 30.2 Å². The zero-order valence-corrected chi connectivity index (χ0v) is 13.4. The average Bonchev–Trinajstić information content (AvgIpc) is 2.47. The van der Waals surface area contributed by atoms with Crippen molar-refractivity contribution in [1.29, 1.82) is 0 Å². The highest BCUT2D eigenvalue weighted by Gasteiger charge is 2.18. The fraction of sp³-hybridized carbons (Fsp3) is 0.529. The monoisotopic (exact) mass is 304 g/mol. The van der Waals surface area contributed by atoms with E-state index in [1.54, 1.807) is 0 Å². The van der Waals surface area contributed by atoms with Crippen LogP contribution >= 0.6 is 12.2 Å². The van der Waals surface area contributed by atoms with Gasteiger partial charge in [-0.3, -0.25) is 4.79 Å². The fourth-order valence-corrected chi connectivity index (χ4v) is 2.96. The summed E-state index contributed by atoms with van der Waals surface area (Å²) >= 11 is 4.91. The zero-order valence-electron chi connectivity index (χ0n) is 12.6. The highest BCUT2D eigenvalue weighted by molar-refractivity contribution is 7.80. The topological polar surface area (TPSA) is 55.1 Å². The van der Waals surface area contributed by atoms with Crippen LogP contribution in [0.1, 0.15) is 43.7 Å². The number of carbonyl (C=O) groups excluding carboxylic acids is 1. The normalized spacial score (nSPS) is 21.8. The summed E-state index contributed by atoms with van der Waals surface area (Å²) in [6.45, 7) is 3.13. The third-order valence-electron chi connectivity index (χ3n) is 4.33. The number of carbonyl (C=O) groups is 1. The summed E-state index contributed by atoms with van der Waals surface area (Å²) in [6, 6.07) is 7.56. The molecule has 1 fully saturated rings. The predicted molar refractivity (Wildman–Crippen MR) is 90.2 cm³/mol. The number of hydrogen-bond acceptors (Lipinski definition) is 2. The van der Waals surface area contributed by atoms with Gasteiger partial charge in [-0.2, -0.15) is 0 Å². The Morgan fingerprint density at radius 3 is 2.43 bits per heavy atom. The minimum absolute atomic E-state index is 0.0942. The molecule has 1 aliphatic carbocycles. The Balaban J connectivity index is 1.75. The standard InChI is InChI=1S/C17H24N2OS/c1-12-2-4-14(5-3-12)11-19-16(20)10-13-6-8-15(9-7-13)17(18)21/h6-9,12,14H,2-5,10-11H2,1H3,(H2,18,21)(H,19,20). The van der Waals surface area contributed by atoms with Gasteiger partial charge >= 0.3 is 0 Å². The lowest BCUT2D eigenvalue weighted by Crippen LogP contribution is -2.32. The molecule has 0 spiro atoms. The van der Waals surface area contributed by atoms with Crippen molar-refractivity contribution in [3.8, 4) is 0 Å². The molecule has 0 aliphatic heterocycles. The van der Waals surface area contributed by atoms with Crippen molar-refractivity contribution in [2.24, 2.45) is 17.6 Å². The summed E-state index contributed by atoms with van der Waals surface area (Å²) < 4.78 is 0. The van der Waals surface area contributed by atoms with Gasteiger partial charge in [0, 0.05) is 12.1 Å². The molecule has 3 nitrogen and oxygen atoms in total. The van der Waals surface area contributed by atoms with E-state index in [4.69, 9.17) is 18.0 Å². The van der Waals surface area contributed by atoms with Crippen molar-refractivity contribution in [3.63, 3.8) is 0 Å². The average molecular weight is 304 g/mol. The van der Waals surface area contributed by atoms with Crippen LogP contribution in [-0.2, 0) is 11.2 Å². The molecule has 0 bridgehead atoms. The van der Waals surface area contributed by atoms with E-state index in [1.165, 1.54) is 25.7 Å². The molecule has 0 unspecified atom stereocenters. The Labute approximate surface area is 132 Å². The van der Waals surface area contributed by atoms with Crippen LogP contribution in [0.3, 0.4) is 0 Å². The van der Waals surface area contributed by atoms with Gasteiger partial charge < -0.3 is 11.1 Å². The summed E-state index contributed by atoms with van der Waals surface area (Å²) in [7, 11) is 0. The summed E-state index contributed by atoms with van der Waals surface area (Å²) in [5.41, 5.74) is 7.39. The summed E-state index contributed by atoms with van der Waals surface area (Å²) in [5, 5.41) is 3.06. The molecule has 2 rings (SSSR count). The fourth-order valence-electron chi connectivity index (χ4n) is 2.83. The number of thiocarbonyl (C=S) groups is 1. The van der Waals surface area contributed by atoms with Crippen LogP contribution in [0.25, 0.3) is 0 Å². The first-order valence-electron chi connectivity index (χ1n) is 7.70. The van der Waals surface area contributed by atoms with Gasteiger partial charge in [0.05, 0.1) is 6.42 Å². The van der Waals surface area contributed by atoms with Crippen molar-refractivity contribution in [3.05, 3.63) is 35.4 Å². The Kier molecular flexibility index (Phi) is 5.74. The molecule has 21 heavy (non-hydrogen) atoms. The lowest BCUT2D eigenvalue weighted by molar-refractivity contribution is -0.120. The number of amides is 1. The summed E-state index contributed by atoms with van der Waals surface area (Å²) in [6.07, 6.45) is 5.48. The first-order chi connectivity index (χ1) is 10.0. The predicted octanol–water partition coefficient (Wildman–Crippen LogP) is 2.81. The Bertz CT molecular complexity index is 490. The van der Waals surface area contributed by atoms with Crippen LogP contribution in [0.5, 0.6) is 0 Å². The first kappa shape index (κ1) is 16.0. The lowest BCUT2D eigenvalue weighted by atomic mass is 9.83. The SMILES string of the molecule is CC1CCC(CNC(=O)Cc2ccc(C(N)=S)cc2)CC1. The largest absolute Gasteiger partial charge is 0.389 e. The maximum atomic E-state index is 12.0. The number of benzene rings is 1. The third-order valence-corrected chi connectivity index (χ3v) is 4.56. The van der Waals surface area contributed by atoms with Gasteiger partial charge in [-0.1, -0.05) is 56.2 Å². The molecule has 3 N–H and O–H groups in total. The summed E-state index contributed by atoms with van der Waals surface area (Å²) in [5.74, 6) is 1.60. The molecule has 0 saturated heterocycles. The van der Waals surface area contributed by atoms with Crippen molar-refractivity contribution in [2.45, 2.75) is 39.0 Å². The molecule has 0 atom stereocenters. The molecule has 0 radical (unpaired) electrons. The number of nitrogens with one attached hydrogen (secondary N) is 1. The van der Waals surface area contributed by atoms with Crippen LogP contribution in [0.2, 0.25) is 0 Å². The van der Waals surface area contributed by atoms with Crippen molar-refractivity contribution in [1.82, 2.24) is 5.32 Å². The van der Waals surface area contributed by atoms with Crippen molar-refractivity contribution >= 4 is 23.1 Å². The van der Waals surface area contributed by atoms with Crippen LogP contribution in [0, 0.1) is 11.8 Å². The maximum Gasteiger partial charge on any atom is 0.224 e. The van der Waals surface area contributed by atoms with Gasteiger partial charge in [0.2, 0.25) is 5.91 Å². The molecule has 1 amide bonds. The van der Waals surface area contributed by atoms with E-state index < -0.39 is 0 Å². The van der Waals surface area contributed by atoms with Crippen LogP contribution in [0.15, 0.2) is 24.3 Å². The minimum atomic E-state index is 0.0942. The van der Waals surface area contributed by atoms with E-state index in [-0.39, 0.29) is 5.91 Å². The summed E-state index contributed by atoms with van der Waals surface area (Å²) in [4.78, 5) is 12.4. The van der Waals surface area contributed by atoms with E-state index >= 15 is 0 Å². The van der Waals surface area contributed by atoms with E-state index in [2.05, 4.69) is 12.2 Å². The maximum absolute atomic E-state index is 12.0. The Morgan fingerprint density at radius 1 is 1.24 bits per heavy atom. The van der Waals surface area contributed by atoms with Crippen molar-refractivity contribution < 1.29 is 4.79 Å². The molecule has 0 heterocycles. The number of rotatable bonds is 5. The van der Waals surface area contributed by atoms with Gasteiger partial charge in [0.25, 0.3) is 0 Å². The molecular weight excluding hydrogens is 280 g/mol. The highest BCUT2D eigenvalue weighted by Crippen LogP contribution is 2.27. The van der Waals surface area contributed by atoms with E-state index in [1.807, 2.05) is 24.3 Å².